The van der Waals surface area contributed by atoms with Gasteiger partial charge in [-0.25, -0.2) is 9.78 Å². The number of rotatable bonds is 2. The second-order valence-corrected chi connectivity index (χ2v) is 2.28. The van der Waals surface area contributed by atoms with E-state index in [2.05, 4.69) is 4.98 Å². The van der Waals surface area contributed by atoms with Gasteiger partial charge in [0, 0.05) is 6.08 Å². The largest absolute Gasteiger partial charge is 0.478 e. The first-order chi connectivity index (χ1) is 6.09. The Morgan fingerprint density at radius 1 is 1.62 bits per heavy atom. The standard InChI is InChI=1S/C8H7FN2O2/c9-7-3-1-5(10)6(11-7)2-4-8(12)13/h1-4H,10H2,(H,12,13)/b4-2+. The minimum atomic E-state index is -1.13. The van der Waals surface area contributed by atoms with Crippen LogP contribution in [0.5, 0.6) is 0 Å². The van der Waals surface area contributed by atoms with Crippen LogP contribution in [0.4, 0.5) is 10.1 Å². The number of carbonyl (C=O) groups is 1. The summed E-state index contributed by atoms with van der Waals surface area (Å²) in [5.74, 6) is -1.83. The summed E-state index contributed by atoms with van der Waals surface area (Å²) in [6.45, 7) is 0. The van der Waals surface area contributed by atoms with Crippen LogP contribution in [0.25, 0.3) is 6.08 Å². The minimum Gasteiger partial charge on any atom is -0.478 e. The summed E-state index contributed by atoms with van der Waals surface area (Å²) in [4.78, 5) is 13.5. The number of carboxylic acid groups (broad SMARTS) is 1. The van der Waals surface area contributed by atoms with Crippen molar-refractivity contribution in [2.45, 2.75) is 0 Å². The van der Waals surface area contributed by atoms with Gasteiger partial charge >= 0.3 is 5.97 Å². The van der Waals surface area contributed by atoms with E-state index in [1.165, 1.54) is 6.07 Å². The molecule has 0 atom stereocenters. The molecule has 5 heteroatoms. The number of nitrogens with two attached hydrogens (primary N) is 1. The number of aliphatic carboxylic acids is 1. The van der Waals surface area contributed by atoms with E-state index in [-0.39, 0.29) is 11.4 Å². The lowest BCUT2D eigenvalue weighted by Crippen LogP contribution is -1.95. The highest BCUT2D eigenvalue weighted by Gasteiger charge is 1.99. The maximum Gasteiger partial charge on any atom is 0.328 e. The Morgan fingerprint density at radius 3 is 2.92 bits per heavy atom. The Kier molecular flexibility index (Phi) is 2.59. The molecule has 1 rings (SSSR count). The number of anilines is 1. The fourth-order valence-electron chi connectivity index (χ4n) is 0.745. The van der Waals surface area contributed by atoms with Crippen molar-refractivity contribution in [1.82, 2.24) is 4.98 Å². The van der Waals surface area contributed by atoms with Crippen molar-refractivity contribution >= 4 is 17.7 Å². The van der Waals surface area contributed by atoms with Gasteiger partial charge in [0.1, 0.15) is 0 Å². The smallest absolute Gasteiger partial charge is 0.328 e. The van der Waals surface area contributed by atoms with Gasteiger partial charge in [0.25, 0.3) is 0 Å². The van der Waals surface area contributed by atoms with Gasteiger partial charge in [-0.1, -0.05) is 0 Å². The topological polar surface area (TPSA) is 76.2 Å². The predicted octanol–water partition coefficient (Wildman–Crippen LogP) is 0.901. The summed E-state index contributed by atoms with van der Waals surface area (Å²) in [6, 6.07) is 2.43. The zero-order chi connectivity index (χ0) is 9.84. The van der Waals surface area contributed by atoms with E-state index in [4.69, 9.17) is 10.8 Å². The molecule has 1 aromatic rings. The first kappa shape index (κ1) is 9.18. The summed E-state index contributed by atoms with van der Waals surface area (Å²) in [6.07, 6.45) is 1.98. The van der Waals surface area contributed by atoms with Crippen molar-refractivity contribution in [3.05, 3.63) is 29.9 Å². The maximum absolute atomic E-state index is 12.5. The van der Waals surface area contributed by atoms with Crippen LogP contribution in [0, 0.1) is 5.95 Å². The van der Waals surface area contributed by atoms with Crippen LogP contribution in [0.2, 0.25) is 0 Å². The fourth-order valence-corrected chi connectivity index (χ4v) is 0.745. The lowest BCUT2D eigenvalue weighted by molar-refractivity contribution is -0.131. The summed E-state index contributed by atoms with van der Waals surface area (Å²) >= 11 is 0. The molecule has 0 aliphatic carbocycles. The Morgan fingerprint density at radius 2 is 2.31 bits per heavy atom. The van der Waals surface area contributed by atoms with Crippen LogP contribution < -0.4 is 5.73 Å². The highest BCUT2D eigenvalue weighted by Crippen LogP contribution is 2.10. The molecule has 0 aliphatic rings. The molecule has 0 radical (unpaired) electrons. The van der Waals surface area contributed by atoms with Gasteiger partial charge in [-0.2, -0.15) is 4.39 Å². The normalized spacial score (nSPS) is 10.5. The van der Waals surface area contributed by atoms with Gasteiger partial charge in [-0.3, -0.25) is 0 Å². The quantitative estimate of drug-likeness (QED) is 0.526. The van der Waals surface area contributed by atoms with E-state index in [9.17, 15) is 9.18 Å². The zero-order valence-corrected chi connectivity index (χ0v) is 6.57. The Balaban J connectivity index is 3.00. The van der Waals surface area contributed by atoms with Crippen LogP contribution >= 0.6 is 0 Å². The molecular formula is C8H7FN2O2. The fraction of sp³-hybridized carbons (Fsp3) is 0. The SMILES string of the molecule is Nc1ccc(F)nc1/C=C/C(=O)O. The summed E-state index contributed by atoms with van der Waals surface area (Å²) in [7, 11) is 0. The monoisotopic (exact) mass is 182 g/mol. The number of hydrogen-bond acceptors (Lipinski definition) is 3. The first-order valence-electron chi connectivity index (χ1n) is 3.42. The van der Waals surface area contributed by atoms with Gasteiger partial charge in [-0.15, -0.1) is 0 Å². The van der Waals surface area contributed by atoms with Crippen molar-refractivity contribution in [2.75, 3.05) is 5.73 Å². The van der Waals surface area contributed by atoms with Crippen LogP contribution in [0.3, 0.4) is 0 Å². The molecule has 68 valence electrons. The Hall–Kier alpha value is -1.91. The summed E-state index contributed by atoms with van der Waals surface area (Å²) < 4.78 is 12.5. The molecule has 0 aromatic carbocycles. The molecule has 13 heavy (non-hydrogen) atoms. The van der Waals surface area contributed by atoms with E-state index in [1.54, 1.807) is 0 Å². The number of pyridine rings is 1. The average molecular weight is 182 g/mol. The second kappa shape index (κ2) is 3.66. The lowest BCUT2D eigenvalue weighted by atomic mass is 10.3. The number of aromatic nitrogens is 1. The molecule has 3 N–H and O–H groups in total. The van der Waals surface area contributed by atoms with Gasteiger partial charge < -0.3 is 10.8 Å². The number of nitrogens with zero attached hydrogens (tertiary/aromatic N) is 1. The number of nitrogen functional groups attached to an aromatic ring is 1. The minimum absolute atomic E-state index is 0.113. The third-order valence-corrected chi connectivity index (χ3v) is 1.31. The molecule has 0 saturated carbocycles. The van der Waals surface area contributed by atoms with Crippen molar-refractivity contribution in [1.29, 1.82) is 0 Å². The lowest BCUT2D eigenvalue weighted by Gasteiger charge is -1.97. The van der Waals surface area contributed by atoms with E-state index in [0.29, 0.717) is 0 Å². The highest BCUT2D eigenvalue weighted by atomic mass is 19.1. The molecule has 0 bridgehead atoms. The molecule has 0 spiro atoms. The van der Waals surface area contributed by atoms with Crippen LogP contribution in [-0.4, -0.2) is 16.1 Å². The first-order valence-corrected chi connectivity index (χ1v) is 3.42. The molecular weight excluding hydrogens is 175 g/mol. The molecule has 1 aromatic heterocycles. The summed E-state index contributed by atoms with van der Waals surface area (Å²) in [5.41, 5.74) is 5.75. The van der Waals surface area contributed by atoms with E-state index in [1.807, 2.05) is 0 Å². The Bertz CT molecular complexity index is 363. The van der Waals surface area contributed by atoms with E-state index >= 15 is 0 Å². The molecule has 1 heterocycles. The van der Waals surface area contributed by atoms with Crippen molar-refractivity contribution < 1.29 is 14.3 Å². The molecule has 0 saturated heterocycles. The zero-order valence-electron chi connectivity index (χ0n) is 6.57. The number of halogens is 1. The molecule has 0 aliphatic heterocycles. The van der Waals surface area contributed by atoms with Gasteiger partial charge in [0.05, 0.1) is 11.4 Å². The van der Waals surface area contributed by atoms with Crippen LogP contribution in [-0.2, 0) is 4.79 Å². The van der Waals surface area contributed by atoms with Gasteiger partial charge in [0.2, 0.25) is 5.95 Å². The van der Waals surface area contributed by atoms with Crippen LogP contribution in [0.15, 0.2) is 18.2 Å². The van der Waals surface area contributed by atoms with Crippen molar-refractivity contribution in [2.24, 2.45) is 0 Å². The molecule has 0 unspecified atom stereocenters. The maximum atomic E-state index is 12.5. The van der Waals surface area contributed by atoms with Gasteiger partial charge in [0.15, 0.2) is 0 Å². The highest BCUT2D eigenvalue weighted by molar-refractivity contribution is 5.85. The second-order valence-electron chi connectivity index (χ2n) is 2.28. The Labute approximate surface area is 73.5 Å². The average Bonchev–Trinajstić information content (AvgIpc) is 2.06. The van der Waals surface area contributed by atoms with Gasteiger partial charge in [-0.05, 0) is 18.2 Å². The third-order valence-electron chi connectivity index (χ3n) is 1.31. The van der Waals surface area contributed by atoms with Crippen molar-refractivity contribution in [3.63, 3.8) is 0 Å². The number of carboxylic acids is 1. The predicted molar refractivity (Wildman–Crippen MR) is 45.3 cm³/mol. The third kappa shape index (κ3) is 2.55. The van der Waals surface area contributed by atoms with E-state index in [0.717, 1.165) is 18.2 Å². The summed E-state index contributed by atoms with van der Waals surface area (Å²) in [5, 5.41) is 8.29. The number of hydrogen-bond donors (Lipinski definition) is 2. The van der Waals surface area contributed by atoms with E-state index < -0.39 is 11.9 Å². The molecule has 4 nitrogen and oxygen atoms in total. The molecule has 0 fully saturated rings. The molecule has 0 amide bonds. The van der Waals surface area contributed by atoms with Crippen LogP contribution in [0.1, 0.15) is 5.69 Å². The van der Waals surface area contributed by atoms with Crippen molar-refractivity contribution in [3.8, 4) is 0 Å².